The summed E-state index contributed by atoms with van der Waals surface area (Å²) in [5.41, 5.74) is -1.54. The number of unbranched alkanes of at least 4 members (excludes halogenated alkanes) is 2. The molecule has 0 aliphatic carbocycles. The fourth-order valence-corrected chi connectivity index (χ4v) is 1.94. The molecule has 0 radical (unpaired) electrons. The third-order valence-corrected chi connectivity index (χ3v) is 3.43. The standard InChI is InChI=1S/C15H26N4/c1-5-8-9-11-15(7-3,13-17)19-18-14(4,12-16)10-6-2/h5-11H2,1-4H3. The first-order valence-electron chi connectivity index (χ1n) is 7.28. The number of nitrogens with zero attached hydrogens (tertiary/aromatic N) is 4. The van der Waals surface area contributed by atoms with Gasteiger partial charge in [-0.2, -0.15) is 20.8 Å². The van der Waals surface area contributed by atoms with Crippen LogP contribution in [0, 0.1) is 22.7 Å². The highest BCUT2D eigenvalue weighted by molar-refractivity contribution is 5.08. The van der Waals surface area contributed by atoms with Crippen molar-refractivity contribution < 1.29 is 0 Å². The summed E-state index contributed by atoms with van der Waals surface area (Å²) >= 11 is 0. The van der Waals surface area contributed by atoms with Crippen molar-refractivity contribution in [3.8, 4) is 12.1 Å². The van der Waals surface area contributed by atoms with Crippen LogP contribution in [0.1, 0.15) is 72.6 Å². The molecule has 0 fully saturated rings. The summed E-state index contributed by atoms with van der Waals surface area (Å²) in [6.07, 6.45) is 6.12. The van der Waals surface area contributed by atoms with Crippen LogP contribution in [-0.4, -0.2) is 11.1 Å². The average molecular weight is 262 g/mol. The summed E-state index contributed by atoms with van der Waals surface area (Å²) in [4.78, 5) is 0. The van der Waals surface area contributed by atoms with E-state index in [0.29, 0.717) is 12.8 Å². The van der Waals surface area contributed by atoms with Gasteiger partial charge < -0.3 is 0 Å². The van der Waals surface area contributed by atoms with Crippen molar-refractivity contribution in [2.75, 3.05) is 0 Å². The van der Waals surface area contributed by atoms with Crippen molar-refractivity contribution in [3.05, 3.63) is 0 Å². The smallest absolute Gasteiger partial charge is 0.167 e. The molecule has 0 aliphatic heterocycles. The highest BCUT2D eigenvalue weighted by Crippen LogP contribution is 2.26. The first-order chi connectivity index (χ1) is 9.01. The lowest BCUT2D eigenvalue weighted by molar-refractivity contribution is 0.404. The van der Waals surface area contributed by atoms with Crippen molar-refractivity contribution >= 4 is 0 Å². The Morgan fingerprint density at radius 3 is 2.00 bits per heavy atom. The van der Waals surface area contributed by atoms with Gasteiger partial charge in [0, 0.05) is 0 Å². The van der Waals surface area contributed by atoms with E-state index in [9.17, 15) is 10.5 Å². The maximum absolute atomic E-state index is 9.39. The molecule has 106 valence electrons. The van der Waals surface area contributed by atoms with Gasteiger partial charge in [0.15, 0.2) is 11.1 Å². The van der Waals surface area contributed by atoms with Crippen molar-refractivity contribution in [1.82, 2.24) is 0 Å². The minimum atomic E-state index is -0.795. The second kappa shape index (κ2) is 8.64. The molecule has 0 saturated carbocycles. The molecule has 0 N–H and O–H groups in total. The Hall–Kier alpha value is -1.42. The molecule has 0 aromatic rings. The van der Waals surface area contributed by atoms with Crippen LogP contribution >= 0.6 is 0 Å². The van der Waals surface area contributed by atoms with Crippen LogP contribution in [-0.2, 0) is 0 Å². The van der Waals surface area contributed by atoms with E-state index < -0.39 is 11.1 Å². The highest BCUT2D eigenvalue weighted by Gasteiger charge is 2.30. The molecule has 0 aliphatic rings. The Balaban J connectivity index is 4.92. The zero-order chi connectivity index (χ0) is 14.8. The van der Waals surface area contributed by atoms with E-state index in [-0.39, 0.29) is 0 Å². The largest absolute Gasteiger partial charge is 0.196 e. The monoisotopic (exact) mass is 262 g/mol. The van der Waals surface area contributed by atoms with E-state index in [1.165, 1.54) is 0 Å². The predicted octanol–water partition coefficient (Wildman–Crippen LogP) is 4.77. The summed E-state index contributed by atoms with van der Waals surface area (Å²) in [6.45, 7) is 7.89. The molecule has 0 heterocycles. The fraction of sp³-hybridized carbons (Fsp3) is 0.867. The van der Waals surface area contributed by atoms with Gasteiger partial charge in [-0.3, -0.25) is 0 Å². The molecule has 0 amide bonds. The molecule has 2 atom stereocenters. The molecular formula is C15H26N4. The molecular weight excluding hydrogens is 236 g/mol. The van der Waals surface area contributed by atoms with Crippen molar-refractivity contribution in [3.63, 3.8) is 0 Å². The van der Waals surface area contributed by atoms with Crippen LogP contribution in [0.15, 0.2) is 10.2 Å². The summed E-state index contributed by atoms with van der Waals surface area (Å²) in [7, 11) is 0. The van der Waals surface area contributed by atoms with Crippen LogP contribution in [0.2, 0.25) is 0 Å². The second-order valence-electron chi connectivity index (χ2n) is 5.29. The summed E-state index contributed by atoms with van der Waals surface area (Å²) < 4.78 is 0. The molecule has 19 heavy (non-hydrogen) atoms. The van der Waals surface area contributed by atoms with Gasteiger partial charge in [-0.25, -0.2) is 0 Å². The topological polar surface area (TPSA) is 72.3 Å². The molecule has 0 aromatic carbocycles. The van der Waals surface area contributed by atoms with Crippen LogP contribution < -0.4 is 0 Å². The van der Waals surface area contributed by atoms with Gasteiger partial charge in [0.25, 0.3) is 0 Å². The molecule has 0 saturated heterocycles. The molecule has 2 unspecified atom stereocenters. The van der Waals surface area contributed by atoms with Crippen molar-refractivity contribution in [1.29, 1.82) is 10.5 Å². The van der Waals surface area contributed by atoms with Gasteiger partial charge in [-0.1, -0.05) is 40.0 Å². The average Bonchev–Trinajstić information content (AvgIpc) is 2.43. The fourth-order valence-electron chi connectivity index (χ4n) is 1.94. The lowest BCUT2D eigenvalue weighted by Crippen LogP contribution is -2.26. The van der Waals surface area contributed by atoms with Gasteiger partial charge in [-0.05, 0) is 32.6 Å². The zero-order valence-corrected chi connectivity index (χ0v) is 12.7. The first-order valence-corrected chi connectivity index (χ1v) is 7.28. The maximum Gasteiger partial charge on any atom is 0.167 e. The SMILES string of the molecule is CCCCCC(C#N)(CC)N=NC(C)(C#N)CCC. The van der Waals surface area contributed by atoms with Gasteiger partial charge >= 0.3 is 0 Å². The molecule has 0 bridgehead atoms. The van der Waals surface area contributed by atoms with Gasteiger partial charge in [0.2, 0.25) is 0 Å². The molecule has 0 aromatic heterocycles. The van der Waals surface area contributed by atoms with E-state index >= 15 is 0 Å². The Morgan fingerprint density at radius 2 is 1.58 bits per heavy atom. The Morgan fingerprint density at radius 1 is 0.895 bits per heavy atom. The molecule has 4 nitrogen and oxygen atoms in total. The molecule has 4 heteroatoms. The lowest BCUT2D eigenvalue weighted by Gasteiger charge is -2.21. The zero-order valence-electron chi connectivity index (χ0n) is 12.7. The third kappa shape index (κ3) is 5.83. The molecule has 0 rings (SSSR count). The Kier molecular flexibility index (Phi) is 8.00. The summed E-state index contributed by atoms with van der Waals surface area (Å²) in [5.74, 6) is 0. The normalized spacial score (nSPS) is 17.4. The predicted molar refractivity (Wildman–Crippen MR) is 76.6 cm³/mol. The third-order valence-electron chi connectivity index (χ3n) is 3.43. The van der Waals surface area contributed by atoms with Crippen LogP contribution in [0.5, 0.6) is 0 Å². The number of rotatable bonds is 9. The number of nitriles is 2. The summed E-state index contributed by atoms with van der Waals surface area (Å²) in [6, 6.07) is 4.49. The Bertz CT molecular complexity index is 363. The number of hydrogen-bond acceptors (Lipinski definition) is 4. The Labute approximate surface area is 117 Å². The van der Waals surface area contributed by atoms with E-state index in [0.717, 1.165) is 32.1 Å². The van der Waals surface area contributed by atoms with Gasteiger partial charge in [0.05, 0.1) is 12.1 Å². The van der Waals surface area contributed by atoms with Gasteiger partial charge in [0.1, 0.15) is 0 Å². The van der Waals surface area contributed by atoms with E-state index in [2.05, 4.69) is 29.3 Å². The minimum Gasteiger partial charge on any atom is -0.196 e. The quantitative estimate of drug-likeness (QED) is 0.443. The first kappa shape index (κ1) is 17.6. The summed E-state index contributed by atoms with van der Waals surface area (Å²) in [5, 5.41) is 27.0. The van der Waals surface area contributed by atoms with E-state index in [1.807, 2.05) is 13.8 Å². The highest BCUT2D eigenvalue weighted by atomic mass is 15.2. The van der Waals surface area contributed by atoms with E-state index in [4.69, 9.17) is 0 Å². The van der Waals surface area contributed by atoms with E-state index in [1.54, 1.807) is 6.92 Å². The van der Waals surface area contributed by atoms with Crippen LogP contribution in [0.4, 0.5) is 0 Å². The van der Waals surface area contributed by atoms with Crippen LogP contribution in [0.3, 0.4) is 0 Å². The van der Waals surface area contributed by atoms with Gasteiger partial charge in [-0.15, -0.1) is 0 Å². The van der Waals surface area contributed by atoms with Crippen molar-refractivity contribution in [2.24, 2.45) is 10.2 Å². The second-order valence-corrected chi connectivity index (χ2v) is 5.29. The number of azo groups is 1. The minimum absolute atomic E-state index is 0.643. The molecule has 0 spiro atoms. The lowest BCUT2D eigenvalue weighted by atomic mass is 9.92. The number of hydrogen-bond donors (Lipinski definition) is 0. The maximum atomic E-state index is 9.39. The van der Waals surface area contributed by atoms with Crippen molar-refractivity contribution in [2.45, 2.75) is 83.7 Å². The van der Waals surface area contributed by atoms with Crippen LogP contribution in [0.25, 0.3) is 0 Å².